The first-order valence-electron chi connectivity index (χ1n) is 8.99. The van der Waals surface area contributed by atoms with Crippen LogP contribution in [0.5, 0.6) is 0 Å². The van der Waals surface area contributed by atoms with Gasteiger partial charge in [0.1, 0.15) is 5.82 Å². The van der Waals surface area contributed by atoms with Crippen LogP contribution in [-0.2, 0) is 22.4 Å². The number of nitrogens with one attached hydrogen (secondary N) is 2. The Morgan fingerprint density at radius 3 is 2.50 bits per heavy atom. The minimum absolute atomic E-state index is 0.0219. The van der Waals surface area contributed by atoms with Crippen LogP contribution in [0.2, 0.25) is 0 Å². The molecule has 3 rings (SSSR count). The smallest absolute Gasteiger partial charge is 0.258 e. The number of hydrogen-bond acceptors (Lipinski definition) is 4. The Morgan fingerprint density at radius 1 is 1.07 bits per heavy atom. The summed E-state index contributed by atoms with van der Waals surface area (Å²) in [4.78, 5) is 44.6. The number of nitrogens with zero attached hydrogens (tertiary/aromatic N) is 2. The number of aryl methyl sites for hydroxylation is 1. The average molecular weight is 378 g/mol. The maximum atomic E-state index is 12.2. The van der Waals surface area contributed by atoms with Crippen molar-refractivity contribution in [2.24, 2.45) is 0 Å². The zero-order valence-electron chi connectivity index (χ0n) is 15.9. The fraction of sp³-hybridized carbons (Fsp3) is 0.238. The normalized spacial score (nSPS) is 10.6. The van der Waals surface area contributed by atoms with E-state index in [-0.39, 0.29) is 23.8 Å². The average Bonchev–Trinajstić information content (AvgIpc) is 2.68. The number of carbonyl (C=O) groups is 2. The molecule has 7 nitrogen and oxygen atoms in total. The molecule has 0 aliphatic carbocycles. The molecule has 0 radical (unpaired) electrons. The number of benzene rings is 2. The van der Waals surface area contributed by atoms with E-state index in [1.807, 2.05) is 18.2 Å². The van der Waals surface area contributed by atoms with Crippen molar-refractivity contribution in [3.05, 3.63) is 70.3 Å². The molecule has 0 saturated carbocycles. The van der Waals surface area contributed by atoms with Crippen molar-refractivity contribution in [2.75, 3.05) is 19.4 Å². The summed E-state index contributed by atoms with van der Waals surface area (Å²) in [5.41, 5.74) is 1.95. The van der Waals surface area contributed by atoms with E-state index in [0.29, 0.717) is 35.3 Å². The molecule has 0 aliphatic heterocycles. The maximum absolute atomic E-state index is 12.2. The summed E-state index contributed by atoms with van der Waals surface area (Å²) < 4.78 is 0. The predicted molar refractivity (Wildman–Crippen MR) is 108 cm³/mol. The highest BCUT2D eigenvalue weighted by Crippen LogP contribution is 2.12. The molecule has 3 aromatic rings. The topological polar surface area (TPSA) is 95.2 Å². The highest BCUT2D eigenvalue weighted by Gasteiger charge is 2.08. The van der Waals surface area contributed by atoms with E-state index >= 15 is 0 Å². The van der Waals surface area contributed by atoms with Crippen LogP contribution in [-0.4, -0.2) is 40.8 Å². The first-order valence-corrected chi connectivity index (χ1v) is 8.99. The van der Waals surface area contributed by atoms with Gasteiger partial charge in [-0.15, -0.1) is 0 Å². The van der Waals surface area contributed by atoms with Crippen molar-refractivity contribution in [1.82, 2.24) is 14.9 Å². The monoisotopic (exact) mass is 378 g/mol. The number of para-hydroxylation sites is 1. The van der Waals surface area contributed by atoms with E-state index < -0.39 is 0 Å². The fourth-order valence-corrected chi connectivity index (χ4v) is 2.75. The molecule has 2 amide bonds. The van der Waals surface area contributed by atoms with Crippen LogP contribution in [0.1, 0.15) is 17.8 Å². The molecule has 2 N–H and O–H groups in total. The number of amides is 2. The molecule has 144 valence electrons. The van der Waals surface area contributed by atoms with Gasteiger partial charge in [-0.1, -0.05) is 24.3 Å². The fourth-order valence-electron chi connectivity index (χ4n) is 2.75. The van der Waals surface area contributed by atoms with Gasteiger partial charge in [-0.2, -0.15) is 0 Å². The molecule has 0 aliphatic rings. The number of fused-ring (bicyclic) bond motifs is 1. The van der Waals surface area contributed by atoms with Crippen LogP contribution in [0.15, 0.2) is 53.3 Å². The second-order valence-corrected chi connectivity index (χ2v) is 6.74. The van der Waals surface area contributed by atoms with Crippen molar-refractivity contribution >= 4 is 28.4 Å². The van der Waals surface area contributed by atoms with Gasteiger partial charge in [0, 0.05) is 32.6 Å². The van der Waals surface area contributed by atoms with Crippen LogP contribution in [0, 0.1) is 0 Å². The number of anilines is 1. The Balaban J connectivity index is 1.57. The molecule has 0 bridgehead atoms. The van der Waals surface area contributed by atoms with Crippen molar-refractivity contribution in [2.45, 2.75) is 19.3 Å². The molecule has 28 heavy (non-hydrogen) atoms. The van der Waals surface area contributed by atoms with Crippen molar-refractivity contribution in [3.63, 3.8) is 0 Å². The lowest BCUT2D eigenvalue weighted by molar-refractivity contribution is -0.128. The number of aromatic amines is 1. The summed E-state index contributed by atoms with van der Waals surface area (Å²) in [5, 5.41) is 3.34. The molecule has 0 fully saturated rings. The minimum atomic E-state index is -0.205. The van der Waals surface area contributed by atoms with Crippen molar-refractivity contribution < 1.29 is 9.59 Å². The Morgan fingerprint density at radius 2 is 1.79 bits per heavy atom. The van der Waals surface area contributed by atoms with Gasteiger partial charge in [-0.3, -0.25) is 14.4 Å². The number of likely N-dealkylation sites (N-methyl/N-ethyl adjacent to an activating group) is 1. The summed E-state index contributed by atoms with van der Waals surface area (Å²) in [5.74, 6) is 0.331. The summed E-state index contributed by atoms with van der Waals surface area (Å²) in [6.07, 6.45) is 0.853. The Hall–Kier alpha value is -3.48. The molecule has 1 aromatic heterocycles. The van der Waals surface area contributed by atoms with Gasteiger partial charge in [0.25, 0.3) is 5.56 Å². The van der Waals surface area contributed by atoms with Gasteiger partial charge in [0.2, 0.25) is 11.8 Å². The van der Waals surface area contributed by atoms with E-state index in [9.17, 15) is 14.4 Å². The Labute approximate surface area is 162 Å². The maximum Gasteiger partial charge on any atom is 0.258 e. The van der Waals surface area contributed by atoms with Crippen LogP contribution < -0.4 is 10.9 Å². The minimum Gasteiger partial charge on any atom is -0.349 e. The summed E-state index contributed by atoms with van der Waals surface area (Å²) in [7, 11) is 3.43. The number of hydrogen-bond donors (Lipinski definition) is 2. The molecule has 0 spiro atoms. The van der Waals surface area contributed by atoms with Gasteiger partial charge >= 0.3 is 0 Å². The predicted octanol–water partition coefficient (Wildman–Crippen LogP) is 2.13. The SMILES string of the molecule is CN(C)C(=O)Cc1ccc(NC(=O)CCc2nc3ccccc3c(=O)[nH]2)cc1. The lowest BCUT2D eigenvalue weighted by Gasteiger charge is -2.10. The molecular formula is C21H22N4O3. The lowest BCUT2D eigenvalue weighted by atomic mass is 10.1. The van der Waals surface area contributed by atoms with Crippen LogP contribution >= 0.6 is 0 Å². The van der Waals surface area contributed by atoms with Crippen molar-refractivity contribution in [3.8, 4) is 0 Å². The third-order valence-electron chi connectivity index (χ3n) is 4.34. The summed E-state index contributed by atoms with van der Waals surface area (Å²) in [6, 6.07) is 14.3. The number of rotatable bonds is 6. The molecular weight excluding hydrogens is 356 g/mol. The highest BCUT2D eigenvalue weighted by molar-refractivity contribution is 5.91. The molecule has 0 atom stereocenters. The van der Waals surface area contributed by atoms with Crippen molar-refractivity contribution in [1.29, 1.82) is 0 Å². The van der Waals surface area contributed by atoms with E-state index in [0.717, 1.165) is 5.56 Å². The number of H-pyrrole nitrogens is 1. The zero-order chi connectivity index (χ0) is 20.1. The number of aromatic nitrogens is 2. The Kier molecular flexibility index (Phi) is 5.84. The second-order valence-electron chi connectivity index (χ2n) is 6.74. The first kappa shape index (κ1) is 19.3. The largest absolute Gasteiger partial charge is 0.349 e. The highest BCUT2D eigenvalue weighted by atomic mass is 16.2. The van der Waals surface area contributed by atoms with Crippen LogP contribution in [0.3, 0.4) is 0 Å². The van der Waals surface area contributed by atoms with Crippen LogP contribution in [0.25, 0.3) is 10.9 Å². The number of carbonyl (C=O) groups excluding carboxylic acids is 2. The summed E-state index contributed by atoms with van der Waals surface area (Å²) >= 11 is 0. The first-order chi connectivity index (χ1) is 13.4. The standard InChI is InChI=1S/C21H22N4O3/c1-25(2)20(27)13-14-7-9-15(10-8-14)22-19(26)12-11-18-23-17-6-4-3-5-16(17)21(28)24-18/h3-10H,11-13H2,1-2H3,(H,22,26)(H,23,24,28). The molecule has 2 aromatic carbocycles. The third-order valence-corrected chi connectivity index (χ3v) is 4.34. The summed E-state index contributed by atoms with van der Waals surface area (Å²) in [6.45, 7) is 0. The molecule has 7 heteroatoms. The van der Waals surface area contributed by atoms with Gasteiger partial charge in [-0.05, 0) is 29.8 Å². The van der Waals surface area contributed by atoms with Gasteiger partial charge < -0.3 is 15.2 Å². The lowest BCUT2D eigenvalue weighted by Crippen LogP contribution is -2.23. The Bertz CT molecular complexity index is 1060. The molecule has 0 unspecified atom stereocenters. The van der Waals surface area contributed by atoms with E-state index in [1.54, 1.807) is 49.3 Å². The molecule has 0 saturated heterocycles. The van der Waals surface area contributed by atoms with Gasteiger partial charge in [0.15, 0.2) is 0 Å². The molecule has 1 heterocycles. The quantitative estimate of drug-likeness (QED) is 0.687. The van der Waals surface area contributed by atoms with Gasteiger partial charge in [0.05, 0.1) is 17.3 Å². The van der Waals surface area contributed by atoms with E-state index in [1.165, 1.54) is 0 Å². The van der Waals surface area contributed by atoms with E-state index in [4.69, 9.17) is 0 Å². The van der Waals surface area contributed by atoms with Crippen LogP contribution in [0.4, 0.5) is 5.69 Å². The van der Waals surface area contributed by atoms with Gasteiger partial charge in [-0.25, -0.2) is 4.98 Å². The third kappa shape index (κ3) is 4.82. The zero-order valence-corrected chi connectivity index (χ0v) is 15.9. The second kappa shape index (κ2) is 8.47. The van der Waals surface area contributed by atoms with E-state index in [2.05, 4.69) is 15.3 Å².